The summed E-state index contributed by atoms with van der Waals surface area (Å²) in [6, 6.07) is 16.0. The lowest BCUT2D eigenvalue weighted by Gasteiger charge is -2.33. The summed E-state index contributed by atoms with van der Waals surface area (Å²) in [6.45, 7) is 0. The summed E-state index contributed by atoms with van der Waals surface area (Å²) >= 11 is 6.00. The molecule has 100 valence electrons. The molecule has 2 unspecified atom stereocenters. The van der Waals surface area contributed by atoms with Crippen molar-refractivity contribution in [3.8, 4) is 0 Å². The highest BCUT2D eigenvalue weighted by molar-refractivity contribution is 6.31. The lowest BCUT2D eigenvalue weighted by molar-refractivity contribution is 0.417. The third-order valence-corrected chi connectivity index (χ3v) is 4.39. The Morgan fingerprint density at radius 1 is 1.15 bits per heavy atom. The molecule has 2 aromatic carbocycles. The fraction of sp³-hybridized carbons (Fsp3) is 0.176. The van der Waals surface area contributed by atoms with Crippen LogP contribution in [0.2, 0.25) is 5.02 Å². The first-order valence-corrected chi connectivity index (χ1v) is 7.12. The van der Waals surface area contributed by atoms with Gasteiger partial charge in [-0.15, -0.1) is 0 Å². The number of hydrogen-bond donors (Lipinski definition) is 1. The fourth-order valence-electron chi connectivity index (χ4n) is 3.02. The zero-order valence-electron chi connectivity index (χ0n) is 10.8. The zero-order valence-corrected chi connectivity index (χ0v) is 11.6. The molecule has 3 aromatic rings. The lowest BCUT2D eigenvalue weighted by atomic mass is 9.73. The first kappa shape index (κ1) is 12.0. The van der Waals surface area contributed by atoms with E-state index in [4.69, 9.17) is 21.8 Å². The minimum Gasteiger partial charge on any atom is -0.459 e. The molecular weight excluding hydrogens is 270 g/mol. The van der Waals surface area contributed by atoms with E-state index >= 15 is 0 Å². The predicted octanol–water partition coefficient (Wildman–Crippen LogP) is 4.43. The van der Waals surface area contributed by atoms with Gasteiger partial charge in [0.25, 0.3) is 0 Å². The maximum Gasteiger partial charge on any atom is 0.134 e. The van der Waals surface area contributed by atoms with E-state index < -0.39 is 0 Å². The van der Waals surface area contributed by atoms with Crippen molar-refractivity contribution >= 4 is 22.6 Å². The van der Waals surface area contributed by atoms with Gasteiger partial charge in [-0.25, -0.2) is 0 Å². The number of benzene rings is 2. The van der Waals surface area contributed by atoms with Crippen molar-refractivity contribution in [2.75, 3.05) is 0 Å². The summed E-state index contributed by atoms with van der Waals surface area (Å²) in [6.07, 6.45) is 1.02. The largest absolute Gasteiger partial charge is 0.459 e. The Hall–Kier alpha value is -1.77. The SMILES string of the molecule is NC(c1cc2cc(Cl)ccc2o1)C1Cc2ccccc21. The highest BCUT2D eigenvalue weighted by Gasteiger charge is 2.33. The second kappa shape index (κ2) is 4.37. The molecular formula is C17H14ClNO. The molecule has 2 N–H and O–H groups in total. The maximum atomic E-state index is 6.39. The van der Waals surface area contributed by atoms with E-state index in [1.807, 2.05) is 24.3 Å². The van der Waals surface area contributed by atoms with Crippen LogP contribution in [0.5, 0.6) is 0 Å². The van der Waals surface area contributed by atoms with Crippen molar-refractivity contribution in [3.05, 3.63) is 70.4 Å². The summed E-state index contributed by atoms with van der Waals surface area (Å²) in [5.74, 6) is 1.18. The van der Waals surface area contributed by atoms with Crippen LogP contribution < -0.4 is 5.73 Å². The van der Waals surface area contributed by atoms with Gasteiger partial charge in [0.05, 0.1) is 6.04 Å². The summed E-state index contributed by atoms with van der Waals surface area (Å²) in [5.41, 5.74) is 9.97. The van der Waals surface area contributed by atoms with Crippen LogP contribution in [0.1, 0.15) is 28.8 Å². The first-order valence-electron chi connectivity index (χ1n) is 6.75. The van der Waals surface area contributed by atoms with Crippen LogP contribution in [0, 0.1) is 0 Å². The molecule has 2 atom stereocenters. The highest BCUT2D eigenvalue weighted by Crippen LogP contribution is 2.43. The van der Waals surface area contributed by atoms with Gasteiger partial charge in [-0.1, -0.05) is 35.9 Å². The molecule has 1 aliphatic carbocycles. The molecule has 0 saturated carbocycles. The van der Waals surface area contributed by atoms with Gasteiger partial charge >= 0.3 is 0 Å². The molecule has 1 heterocycles. The molecule has 0 bridgehead atoms. The van der Waals surface area contributed by atoms with E-state index in [0.29, 0.717) is 10.9 Å². The van der Waals surface area contributed by atoms with E-state index in [0.717, 1.165) is 23.2 Å². The van der Waals surface area contributed by atoms with Crippen LogP contribution >= 0.6 is 11.6 Å². The van der Waals surface area contributed by atoms with Gasteiger partial charge in [0.2, 0.25) is 0 Å². The van der Waals surface area contributed by atoms with E-state index in [9.17, 15) is 0 Å². The Bertz CT molecular complexity index is 793. The van der Waals surface area contributed by atoms with Crippen molar-refractivity contribution in [2.24, 2.45) is 5.73 Å². The van der Waals surface area contributed by atoms with Crippen molar-refractivity contribution in [2.45, 2.75) is 18.4 Å². The topological polar surface area (TPSA) is 39.2 Å². The van der Waals surface area contributed by atoms with Crippen LogP contribution in [0.4, 0.5) is 0 Å². The molecule has 0 fully saturated rings. The molecule has 20 heavy (non-hydrogen) atoms. The molecule has 2 nitrogen and oxygen atoms in total. The van der Waals surface area contributed by atoms with Crippen molar-refractivity contribution in [1.29, 1.82) is 0 Å². The molecule has 0 aliphatic heterocycles. The van der Waals surface area contributed by atoms with Crippen molar-refractivity contribution in [1.82, 2.24) is 0 Å². The second-order valence-corrected chi connectivity index (χ2v) is 5.80. The smallest absolute Gasteiger partial charge is 0.134 e. The Labute approximate surface area is 122 Å². The Kier molecular flexibility index (Phi) is 2.62. The predicted molar refractivity (Wildman–Crippen MR) is 81.0 cm³/mol. The van der Waals surface area contributed by atoms with Gasteiger partial charge < -0.3 is 10.2 Å². The third kappa shape index (κ3) is 1.76. The number of furan rings is 1. The van der Waals surface area contributed by atoms with Gasteiger partial charge in [-0.2, -0.15) is 0 Å². The van der Waals surface area contributed by atoms with Crippen LogP contribution in [0.15, 0.2) is 52.9 Å². The Morgan fingerprint density at radius 2 is 2.00 bits per heavy atom. The number of rotatable bonds is 2. The first-order chi connectivity index (χ1) is 9.72. The molecule has 0 saturated heterocycles. The number of hydrogen-bond acceptors (Lipinski definition) is 2. The second-order valence-electron chi connectivity index (χ2n) is 5.37. The van der Waals surface area contributed by atoms with Crippen LogP contribution in [0.3, 0.4) is 0 Å². The third-order valence-electron chi connectivity index (χ3n) is 4.15. The lowest BCUT2D eigenvalue weighted by Crippen LogP contribution is -2.28. The van der Waals surface area contributed by atoms with E-state index in [1.54, 1.807) is 0 Å². The number of nitrogens with two attached hydrogens (primary N) is 1. The summed E-state index contributed by atoms with van der Waals surface area (Å²) in [7, 11) is 0. The van der Waals surface area contributed by atoms with Crippen molar-refractivity contribution in [3.63, 3.8) is 0 Å². The average molecular weight is 284 g/mol. The summed E-state index contributed by atoms with van der Waals surface area (Å²) < 4.78 is 5.87. The number of halogens is 1. The molecule has 3 heteroatoms. The van der Waals surface area contributed by atoms with E-state index in [2.05, 4.69) is 24.3 Å². The monoisotopic (exact) mass is 283 g/mol. The normalized spacial score (nSPS) is 18.6. The maximum absolute atomic E-state index is 6.39. The van der Waals surface area contributed by atoms with Gasteiger partial charge in [0.15, 0.2) is 0 Å². The van der Waals surface area contributed by atoms with Crippen LogP contribution in [0.25, 0.3) is 11.0 Å². The molecule has 1 aromatic heterocycles. The average Bonchev–Trinajstić information content (AvgIpc) is 2.83. The van der Waals surface area contributed by atoms with Crippen LogP contribution in [-0.4, -0.2) is 0 Å². The molecule has 0 radical (unpaired) electrons. The van der Waals surface area contributed by atoms with Crippen molar-refractivity contribution < 1.29 is 4.42 Å². The Morgan fingerprint density at radius 3 is 2.85 bits per heavy atom. The van der Waals surface area contributed by atoms with Gasteiger partial charge in [-0.3, -0.25) is 0 Å². The molecule has 1 aliphatic rings. The number of fused-ring (bicyclic) bond motifs is 2. The van der Waals surface area contributed by atoms with Gasteiger partial charge in [-0.05, 0) is 41.8 Å². The standard InChI is InChI=1S/C17H14ClNO/c18-12-5-6-15-11(7-12)9-16(20-15)17(19)14-8-10-3-1-2-4-13(10)14/h1-7,9,14,17H,8,19H2. The van der Waals surface area contributed by atoms with E-state index in [-0.39, 0.29) is 6.04 Å². The molecule has 0 amide bonds. The molecule has 0 spiro atoms. The highest BCUT2D eigenvalue weighted by atomic mass is 35.5. The summed E-state index contributed by atoms with van der Waals surface area (Å²) in [5, 5.41) is 1.72. The Balaban J connectivity index is 1.70. The minimum absolute atomic E-state index is 0.101. The van der Waals surface area contributed by atoms with Gasteiger partial charge in [0.1, 0.15) is 11.3 Å². The minimum atomic E-state index is -0.101. The molecule has 4 rings (SSSR count). The van der Waals surface area contributed by atoms with E-state index in [1.165, 1.54) is 11.1 Å². The van der Waals surface area contributed by atoms with Crippen LogP contribution in [-0.2, 0) is 6.42 Å². The van der Waals surface area contributed by atoms with Gasteiger partial charge in [0, 0.05) is 16.3 Å². The quantitative estimate of drug-likeness (QED) is 0.756. The fourth-order valence-corrected chi connectivity index (χ4v) is 3.20. The summed E-state index contributed by atoms with van der Waals surface area (Å²) in [4.78, 5) is 0. The zero-order chi connectivity index (χ0) is 13.7.